The van der Waals surface area contributed by atoms with Crippen LogP contribution in [0, 0.1) is 0 Å². The highest BCUT2D eigenvalue weighted by Crippen LogP contribution is 2.41. The van der Waals surface area contributed by atoms with Crippen LogP contribution in [0.3, 0.4) is 0 Å². The highest BCUT2D eigenvalue weighted by Gasteiger charge is 2.58. The van der Waals surface area contributed by atoms with Crippen molar-refractivity contribution in [3.8, 4) is 0 Å². The zero-order valence-electron chi connectivity index (χ0n) is 15.3. The highest BCUT2D eigenvalue weighted by molar-refractivity contribution is 7.93. The van der Waals surface area contributed by atoms with Crippen molar-refractivity contribution in [3.05, 3.63) is 42.5 Å². The van der Waals surface area contributed by atoms with Crippen LogP contribution in [0.1, 0.15) is 18.7 Å². The lowest BCUT2D eigenvalue weighted by Crippen LogP contribution is -2.46. The average Bonchev–Trinajstić information content (AvgIpc) is 3.19. The van der Waals surface area contributed by atoms with E-state index >= 15 is 0 Å². The van der Waals surface area contributed by atoms with Gasteiger partial charge in [0.2, 0.25) is 21.5 Å². The first-order valence-corrected chi connectivity index (χ1v) is 10.2. The zero-order chi connectivity index (χ0) is 21.4. The molecular weight excluding hydrogens is 413 g/mol. The maximum atomic E-state index is 13.5. The minimum atomic E-state index is -5.13. The summed E-state index contributed by atoms with van der Waals surface area (Å²) in [5.41, 5.74) is -2.89. The Labute approximate surface area is 165 Å². The van der Waals surface area contributed by atoms with Crippen LogP contribution in [-0.4, -0.2) is 47.5 Å². The molecule has 1 aliphatic rings. The van der Waals surface area contributed by atoms with E-state index in [0.29, 0.717) is 18.7 Å². The Bertz CT molecular complexity index is 1000. The first-order chi connectivity index (χ1) is 13.4. The largest absolute Gasteiger partial charge is 0.425 e. The van der Waals surface area contributed by atoms with Gasteiger partial charge in [-0.1, -0.05) is 0 Å². The molecule has 2 aromatic rings. The summed E-state index contributed by atoms with van der Waals surface area (Å²) >= 11 is 0. The SMILES string of the molecule is Cn1ccnc1C(O)(CC(=O)Nc1ccc(N2CCCS2(=O)=O)cc1)C(F)(F)F. The molecule has 8 nitrogen and oxygen atoms in total. The van der Waals surface area contributed by atoms with Gasteiger partial charge < -0.3 is 15.0 Å². The molecule has 1 saturated heterocycles. The monoisotopic (exact) mass is 432 g/mol. The van der Waals surface area contributed by atoms with Crippen molar-refractivity contribution < 1.29 is 31.5 Å². The Hall–Kier alpha value is -2.60. The standard InChI is InChI=1S/C17H19F3N4O4S/c1-23-9-7-21-15(23)16(26,17(18,19)20)11-14(25)22-12-3-5-13(6-4-12)24-8-2-10-29(24,27)28/h3-7,9,26H,2,8,10-11H2,1H3,(H,22,25). The number of alkyl halides is 3. The van der Waals surface area contributed by atoms with E-state index in [0.717, 1.165) is 10.8 Å². The lowest BCUT2D eigenvalue weighted by molar-refractivity contribution is -0.270. The number of nitrogens with zero attached hydrogens (tertiary/aromatic N) is 3. The lowest BCUT2D eigenvalue weighted by Gasteiger charge is -2.29. The molecule has 1 atom stereocenters. The van der Waals surface area contributed by atoms with Crippen molar-refractivity contribution in [2.45, 2.75) is 24.6 Å². The van der Waals surface area contributed by atoms with Gasteiger partial charge in [0.25, 0.3) is 0 Å². The summed E-state index contributed by atoms with van der Waals surface area (Å²) in [7, 11) is -2.09. The van der Waals surface area contributed by atoms with Crippen molar-refractivity contribution in [2.24, 2.45) is 7.05 Å². The quantitative estimate of drug-likeness (QED) is 0.749. The minimum Gasteiger partial charge on any atom is -0.374 e. The van der Waals surface area contributed by atoms with Gasteiger partial charge in [-0.3, -0.25) is 9.10 Å². The van der Waals surface area contributed by atoms with Crippen molar-refractivity contribution in [2.75, 3.05) is 21.9 Å². The third-order valence-electron chi connectivity index (χ3n) is 4.61. The number of nitrogens with one attached hydrogen (secondary N) is 1. The molecule has 0 aliphatic carbocycles. The molecule has 1 unspecified atom stereocenters. The molecular formula is C17H19F3N4O4S. The molecule has 0 radical (unpaired) electrons. The molecule has 1 fully saturated rings. The van der Waals surface area contributed by atoms with Crippen molar-refractivity contribution in [1.29, 1.82) is 0 Å². The fraction of sp³-hybridized carbons (Fsp3) is 0.412. The van der Waals surface area contributed by atoms with E-state index in [4.69, 9.17) is 0 Å². The maximum absolute atomic E-state index is 13.5. The molecule has 0 spiro atoms. The van der Waals surface area contributed by atoms with Gasteiger partial charge in [0.1, 0.15) is 0 Å². The molecule has 2 N–H and O–H groups in total. The topological polar surface area (TPSA) is 105 Å². The highest BCUT2D eigenvalue weighted by atomic mass is 32.2. The number of anilines is 2. The van der Waals surface area contributed by atoms with E-state index in [-0.39, 0.29) is 11.4 Å². The summed E-state index contributed by atoms with van der Waals surface area (Å²) in [5.74, 6) is -1.72. The van der Waals surface area contributed by atoms with Crippen LogP contribution in [0.2, 0.25) is 0 Å². The lowest BCUT2D eigenvalue weighted by atomic mass is 9.97. The van der Waals surface area contributed by atoms with Gasteiger partial charge in [0.15, 0.2) is 5.82 Å². The maximum Gasteiger partial charge on any atom is 0.425 e. The van der Waals surface area contributed by atoms with Gasteiger partial charge >= 0.3 is 6.18 Å². The van der Waals surface area contributed by atoms with Crippen LogP contribution in [0.25, 0.3) is 0 Å². The summed E-state index contributed by atoms with van der Waals surface area (Å²) in [6.07, 6.45) is -3.59. The number of aromatic nitrogens is 2. The summed E-state index contributed by atoms with van der Waals surface area (Å²) in [4.78, 5) is 15.7. The molecule has 0 saturated carbocycles. The van der Waals surface area contributed by atoms with Gasteiger partial charge in [-0.25, -0.2) is 13.4 Å². The molecule has 12 heteroatoms. The van der Waals surface area contributed by atoms with Crippen molar-refractivity contribution >= 4 is 27.3 Å². The number of hydrogen-bond donors (Lipinski definition) is 2. The third-order valence-corrected chi connectivity index (χ3v) is 6.48. The van der Waals surface area contributed by atoms with Crippen LogP contribution < -0.4 is 9.62 Å². The number of amides is 1. The molecule has 3 rings (SSSR count). The number of hydrogen-bond acceptors (Lipinski definition) is 5. The number of rotatable bonds is 5. The van der Waals surface area contributed by atoms with Crippen LogP contribution in [0.4, 0.5) is 24.5 Å². The molecule has 0 bridgehead atoms. The van der Waals surface area contributed by atoms with E-state index < -0.39 is 40.0 Å². The van der Waals surface area contributed by atoms with E-state index in [9.17, 15) is 31.5 Å². The molecule has 158 valence electrons. The second-order valence-electron chi connectivity index (χ2n) is 6.73. The fourth-order valence-corrected chi connectivity index (χ4v) is 4.71. The predicted octanol–water partition coefficient (Wildman–Crippen LogP) is 1.74. The second kappa shape index (κ2) is 7.34. The smallest absolute Gasteiger partial charge is 0.374 e. The van der Waals surface area contributed by atoms with E-state index in [1.165, 1.54) is 41.8 Å². The number of carbonyl (C=O) groups is 1. The van der Waals surface area contributed by atoms with E-state index in [1.54, 1.807) is 0 Å². The number of sulfonamides is 1. The van der Waals surface area contributed by atoms with Gasteiger partial charge in [-0.2, -0.15) is 13.2 Å². The average molecular weight is 432 g/mol. The van der Waals surface area contributed by atoms with Crippen LogP contribution in [-0.2, 0) is 27.5 Å². The number of imidazole rings is 1. The van der Waals surface area contributed by atoms with Crippen LogP contribution in [0.5, 0.6) is 0 Å². The zero-order valence-corrected chi connectivity index (χ0v) is 16.2. The summed E-state index contributed by atoms with van der Waals surface area (Å²) < 4.78 is 66.6. The van der Waals surface area contributed by atoms with Gasteiger partial charge in [0.05, 0.1) is 17.9 Å². The summed E-state index contributed by atoms with van der Waals surface area (Å²) in [6, 6.07) is 5.67. The van der Waals surface area contributed by atoms with Crippen LogP contribution >= 0.6 is 0 Å². The number of carbonyl (C=O) groups excluding carboxylic acids is 1. The molecule has 1 aromatic heterocycles. The summed E-state index contributed by atoms with van der Waals surface area (Å²) in [6.45, 7) is 0.344. The Morgan fingerprint density at radius 1 is 1.28 bits per heavy atom. The van der Waals surface area contributed by atoms with E-state index in [2.05, 4.69) is 10.3 Å². The van der Waals surface area contributed by atoms with Crippen molar-refractivity contribution in [3.63, 3.8) is 0 Å². The Kier molecular flexibility index (Phi) is 5.34. The first kappa shape index (κ1) is 21.1. The third kappa shape index (κ3) is 4.08. The van der Waals surface area contributed by atoms with Gasteiger partial charge in [0, 0.05) is 31.7 Å². The predicted molar refractivity (Wildman–Crippen MR) is 98.6 cm³/mol. The molecule has 1 aliphatic heterocycles. The molecule has 29 heavy (non-hydrogen) atoms. The molecule has 1 amide bonds. The first-order valence-electron chi connectivity index (χ1n) is 8.61. The number of aliphatic hydroxyl groups is 1. The van der Waals surface area contributed by atoms with Crippen molar-refractivity contribution in [1.82, 2.24) is 9.55 Å². The Morgan fingerprint density at radius 2 is 1.93 bits per heavy atom. The number of benzene rings is 1. The number of aryl methyl sites for hydroxylation is 1. The van der Waals surface area contributed by atoms with E-state index in [1.807, 2.05) is 0 Å². The second-order valence-corrected chi connectivity index (χ2v) is 8.75. The Balaban J connectivity index is 1.75. The normalized spacial score (nSPS) is 18.4. The molecule has 1 aromatic carbocycles. The van der Waals surface area contributed by atoms with Crippen LogP contribution in [0.15, 0.2) is 36.7 Å². The van der Waals surface area contributed by atoms with Gasteiger partial charge in [-0.15, -0.1) is 0 Å². The molecule has 2 heterocycles. The Morgan fingerprint density at radius 3 is 2.41 bits per heavy atom. The summed E-state index contributed by atoms with van der Waals surface area (Å²) in [5, 5.41) is 12.5. The van der Waals surface area contributed by atoms with Gasteiger partial charge in [-0.05, 0) is 30.7 Å². The minimum absolute atomic E-state index is 0.0503. The number of halogens is 3. The fourth-order valence-electron chi connectivity index (χ4n) is 3.15.